The summed E-state index contributed by atoms with van der Waals surface area (Å²) in [5.74, 6) is 0.185. The van der Waals surface area contributed by atoms with E-state index < -0.39 is 6.04 Å². The number of benzene rings is 2. The lowest BCUT2D eigenvalue weighted by molar-refractivity contribution is -0.124. The van der Waals surface area contributed by atoms with E-state index in [4.69, 9.17) is 4.98 Å². The molecule has 7 heteroatoms. The number of pyridine rings is 1. The number of nitrogens with zero attached hydrogens (tertiary/aromatic N) is 4. The number of aryl methyl sites for hydroxylation is 2. The predicted octanol–water partition coefficient (Wildman–Crippen LogP) is 4.16. The summed E-state index contributed by atoms with van der Waals surface area (Å²) in [6, 6.07) is 18.5. The van der Waals surface area contributed by atoms with Crippen molar-refractivity contribution in [3.8, 4) is 0 Å². The van der Waals surface area contributed by atoms with Crippen LogP contribution < -0.4 is 10.2 Å². The molecule has 160 valence electrons. The third-order valence-corrected chi connectivity index (χ3v) is 5.76. The first-order valence-corrected chi connectivity index (χ1v) is 10.6. The molecule has 5 rings (SSSR count). The Hall–Kier alpha value is -4.00. The molecule has 4 aromatic rings. The SMILES string of the molecule is Cc1ccc(NC(=O)CC2C(=O)N(Cc3ccccn3)c3nc4ccccc4n32)c(C)c1. The van der Waals surface area contributed by atoms with Gasteiger partial charge in [0.2, 0.25) is 11.9 Å². The van der Waals surface area contributed by atoms with Crippen molar-refractivity contribution in [3.05, 3.63) is 83.7 Å². The summed E-state index contributed by atoms with van der Waals surface area (Å²) in [7, 11) is 0. The highest BCUT2D eigenvalue weighted by atomic mass is 16.2. The number of imidazole rings is 1. The number of nitrogens with one attached hydrogen (secondary N) is 1. The van der Waals surface area contributed by atoms with Crippen molar-refractivity contribution in [2.45, 2.75) is 32.9 Å². The molecule has 3 heterocycles. The van der Waals surface area contributed by atoms with Gasteiger partial charge < -0.3 is 5.32 Å². The molecule has 0 bridgehead atoms. The number of aromatic nitrogens is 3. The highest BCUT2D eigenvalue weighted by molar-refractivity contribution is 6.05. The minimum absolute atomic E-state index is 0.0260. The molecule has 0 aliphatic carbocycles. The minimum Gasteiger partial charge on any atom is -0.326 e. The number of hydrogen-bond acceptors (Lipinski definition) is 4. The first-order chi connectivity index (χ1) is 15.5. The van der Waals surface area contributed by atoms with Gasteiger partial charge in [-0.3, -0.25) is 24.0 Å². The summed E-state index contributed by atoms with van der Waals surface area (Å²) in [6.07, 6.45) is 1.73. The summed E-state index contributed by atoms with van der Waals surface area (Å²) >= 11 is 0. The number of para-hydroxylation sites is 2. The summed E-state index contributed by atoms with van der Waals surface area (Å²) in [4.78, 5) is 37.1. The second-order valence-corrected chi connectivity index (χ2v) is 8.10. The molecular weight excluding hydrogens is 402 g/mol. The molecule has 1 N–H and O–H groups in total. The topological polar surface area (TPSA) is 80.1 Å². The fourth-order valence-electron chi connectivity index (χ4n) is 4.23. The van der Waals surface area contributed by atoms with Crippen LogP contribution >= 0.6 is 0 Å². The molecular formula is C25H23N5O2. The van der Waals surface area contributed by atoms with Crippen LogP contribution in [-0.4, -0.2) is 26.3 Å². The first kappa shape index (κ1) is 19.9. The van der Waals surface area contributed by atoms with Gasteiger partial charge in [-0.15, -0.1) is 0 Å². The maximum Gasteiger partial charge on any atom is 0.253 e. The summed E-state index contributed by atoms with van der Waals surface area (Å²) in [5.41, 5.74) is 5.27. The number of amides is 2. The van der Waals surface area contributed by atoms with Crippen molar-refractivity contribution in [2.75, 3.05) is 10.2 Å². The van der Waals surface area contributed by atoms with E-state index in [0.717, 1.165) is 33.5 Å². The van der Waals surface area contributed by atoms with E-state index in [1.165, 1.54) is 0 Å². The third kappa shape index (κ3) is 3.51. The van der Waals surface area contributed by atoms with Crippen molar-refractivity contribution in [2.24, 2.45) is 0 Å². The largest absolute Gasteiger partial charge is 0.326 e. The Balaban J connectivity index is 1.47. The summed E-state index contributed by atoms with van der Waals surface area (Å²) in [5, 5.41) is 2.96. The van der Waals surface area contributed by atoms with Crippen LogP contribution in [0, 0.1) is 13.8 Å². The number of hydrogen-bond donors (Lipinski definition) is 1. The average molecular weight is 425 g/mol. The van der Waals surface area contributed by atoms with Crippen molar-refractivity contribution in [1.29, 1.82) is 0 Å². The van der Waals surface area contributed by atoms with Crippen molar-refractivity contribution < 1.29 is 9.59 Å². The monoisotopic (exact) mass is 425 g/mol. The lowest BCUT2D eigenvalue weighted by Gasteiger charge is -2.16. The van der Waals surface area contributed by atoms with E-state index in [1.54, 1.807) is 11.1 Å². The number of carbonyl (C=O) groups excluding carboxylic acids is 2. The Morgan fingerprint density at radius 2 is 1.88 bits per heavy atom. The van der Waals surface area contributed by atoms with Crippen LogP contribution in [0.2, 0.25) is 0 Å². The molecule has 1 atom stereocenters. The van der Waals surface area contributed by atoms with Crippen LogP contribution in [0.1, 0.15) is 29.3 Å². The normalized spacial score (nSPS) is 15.2. The Morgan fingerprint density at radius 3 is 2.66 bits per heavy atom. The van der Waals surface area contributed by atoms with Crippen LogP contribution in [0.15, 0.2) is 66.9 Å². The number of rotatable bonds is 5. The van der Waals surface area contributed by atoms with Gasteiger partial charge in [0.1, 0.15) is 6.04 Å². The molecule has 2 aromatic carbocycles. The molecule has 1 aliphatic rings. The average Bonchev–Trinajstić information content (AvgIpc) is 3.27. The van der Waals surface area contributed by atoms with Crippen molar-refractivity contribution in [3.63, 3.8) is 0 Å². The minimum atomic E-state index is -0.660. The molecule has 1 unspecified atom stereocenters. The molecule has 0 fully saturated rings. The smallest absolute Gasteiger partial charge is 0.253 e. The van der Waals surface area contributed by atoms with E-state index in [-0.39, 0.29) is 18.2 Å². The van der Waals surface area contributed by atoms with Crippen LogP contribution in [0.4, 0.5) is 11.6 Å². The second kappa shape index (κ2) is 7.92. The quantitative estimate of drug-likeness (QED) is 0.521. The molecule has 32 heavy (non-hydrogen) atoms. The zero-order chi connectivity index (χ0) is 22.2. The van der Waals surface area contributed by atoms with Gasteiger partial charge >= 0.3 is 0 Å². The third-order valence-electron chi connectivity index (χ3n) is 5.76. The second-order valence-electron chi connectivity index (χ2n) is 8.10. The molecule has 0 spiro atoms. The fourth-order valence-corrected chi connectivity index (χ4v) is 4.23. The van der Waals surface area contributed by atoms with Crippen molar-refractivity contribution >= 4 is 34.5 Å². The maximum absolute atomic E-state index is 13.4. The standard InChI is InChI=1S/C25H23N5O2/c1-16-10-11-19(17(2)13-16)27-23(31)14-22-24(32)29(15-18-7-5-6-12-26-18)25-28-20-8-3-4-9-21(20)30(22)25/h3-13,22H,14-15H2,1-2H3,(H,27,31). The van der Waals surface area contributed by atoms with Crippen molar-refractivity contribution in [1.82, 2.24) is 14.5 Å². The molecule has 1 aliphatic heterocycles. The van der Waals surface area contributed by atoms with Gasteiger partial charge in [0, 0.05) is 11.9 Å². The highest BCUT2D eigenvalue weighted by Crippen LogP contribution is 2.37. The van der Waals surface area contributed by atoms with Crippen LogP contribution in [-0.2, 0) is 16.1 Å². The molecule has 2 amide bonds. The fraction of sp³-hybridized carbons (Fsp3) is 0.200. The van der Waals surface area contributed by atoms with E-state index in [2.05, 4.69) is 10.3 Å². The predicted molar refractivity (Wildman–Crippen MR) is 123 cm³/mol. The van der Waals surface area contributed by atoms with E-state index in [9.17, 15) is 9.59 Å². The van der Waals surface area contributed by atoms with Gasteiger partial charge in [0.25, 0.3) is 5.91 Å². The Bertz CT molecular complexity index is 1330. The van der Waals surface area contributed by atoms with Gasteiger partial charge in [0.05, 0.1) is 29.7 Å². The zero-order valence-electron chi connectivity index (χ0n) is 17.9. The van der Waals surface area contributed by atoms with Crippen LogP contribution in [0.25, 0.3) is 11.0 Å². The lowest BCUT2D eigenvalue weighted by Crippen LogP contribution is -2.31. The van der Waals surface area contributed by atoms with Gasteiger partial charge in [0.15, 0.2) is 0 Å². The maximum atomic E-state index is 13.4. The summed E-state index contributed by atoms with van der Waals surface area (Å²) < 4.78 is 1.88. The number of carbonyl (C=O) groups is 2. The van der Waals surface area contributed by atoms with Crippen LogP contribution in [0.3, 0.4) is 0 Å². The van der Waals surface area contributed by atoms with Gasteiger partial charge in [-0.05, 0) is 49.7 Å². The Labute approximate surface area is 185 Å². The first-order valence-electron chi connectivity index (χ1n) is 10.6. The number of fused-ring (bicyclic) bond motifs is 3. The zero-order valence-corrected chi connectivity index (χ0v) is 17.9. The Kier molecular flexibility index (Phi) is 4.93. The van der Waals surface area contributed by atoms with E-state index in [0.29, 0.717) is 12.5 Å². The number of anilines is 2. The van der Waals surface area contributed by atoms with Gasteiger partial charge in [-0.25, -0.2) is 4.98 Å². The summed E-state index contributed by atoms with van der Waals surface area (Å²) in [6.45, 7) is 4.27. The van der Waals surface area contributed by atoms with E-state index >= 15 is 0 Å². The lowest BCUT2D eigenvalue weighted by atomic mass is 10.1. The molecule has 0 saturated heterocycles. The molecule has 0 saturated carbocycles. The molecule has 0 radical (unpaired) electrons. The van der Waals surface area contributed by atoms with E-state index in [1.807, 2.05) is 79.1 Å². The van der Waals surface area contributed by atoms with Gasteiger partial charge in [-0.2, -0.15) is 0 Å². The highest BCUT2D eigenvalue weighted by Gasteiger charge is 2.41. The Morgan fingerprint density at radius 1 is 1.06 bits per heavy atom. The molecule has 7 nitrogen and oxygen atoms in total. The molecule has 2 aromatic heterocycles. The van der Waals surface area contributed by atoms with Gasteiger partial charge in [-0.1, -0.05) is 35.9 Å². The van der Waals surface area contributed by atoms with Crippen LogP contribution in [0.5, 0.6) is 0 Å².